The normalized spacial score (nSPS) is 48.3. The summed E-state index contributed by atoms with van der Waals surface area (Å²) in [5, 5.41) is 0. The van der Waals surface area contributed by atoms with Crippen LogP contribution in [0.1, 0.15) is 32.6 Å². The van der Waals surface area contributed by atoms with Crippen LogP contribution >= 0.6 is 0 Å². The van der Waals surface area contributed by atoms with Gasteiger partial charge in [-0.2, -0.15) is 0 Å². The van der Waals surface area contributed by atoms with E-state index in [-0.39, 0.29) is 0 Å². The maximum Gasteiger partial charge on any atom is 0.0632 e. The summed E-state index contributed by atoms with van der Waals surface area (Å²) in [6.07, 6.45) is 6.71. The second-order valence-electron chi connectivity index (χ2n) is 3.22. The van der Waals surface area contributed by atoms with Crippen molar-refractivity contribution in [3.05, 3.63) is 0 Å². The topological polar surface area (TPSA) is 9.23 Å². The number of ether oxygens (including phenoxy) is 1. The van der Waals surface area contributed by atoms with Gasteiger partial charge in [0, 0.05) is 5.92 Å². The molecule has 2 rings (SSSR count). The van der Waals surface area contributed by atoms with Gasteiger partial charge in [0.1, 0.15) is 0 Å². The van der Waals surface area contributed by atoms with Crippen LogP contribution in [0, 0.1) is 5.92 Å². The van der Waals surface area contributed by atoms with E-state index >= 15 is 0 Å². The first-order valence-corrected chi connectivity index (χ1v) is 4.07. The third-order valence-electron chi connectivity index (χ3n) is 2.73. The van der Waals surface area contributed by atoms with Gasteiger partial charge in [0.05, 0.1) is 12.2 Å². The Labute approximate surface area is 56.4 Å². The average molecular weight is 126 g/mol. The fourth-order valence-corrected chi connectivity index (χ4v) is 2.18. The fraction of sp³-hybridized carbons (Fsp3) is 1.00. The molecule has 52 valence electrons. The Kier molecular flexibility index (Phi) is 1.26. The van der Waals surface area contributed by atoms with E-state index in [0.717, 1.165) is 5.92 Å². The van der Waals surface area contributed by atoms with Gasteiger partial charge in [-0.1, -0.05) is 13.3 Å². The molecule has 3 unspecified atom stereocenters. The zero-order valence-corrected chi connectivity index (χ0v) is 5.97. The summed E-state index contributed by atoms with van der Waals surface area (Å²) in [6, 6.07) is 0. The molecule has 1 heteroatoms. The van der Waals surface area contributed by atoms with Crippen LogP contribution in [0.4, 0.5) is 0 Å². The van der Waals surface area contributed by atoms with E-state index in [1.807, 2.05) is 0 Å². The SMILES string of the molecule is CCC1OC2CCCC12. The summed E-state index contributed by atoms with van der Waals surface area (Å²) in [7, 11) is 0. The molecule has 1 heterocycles. The molecule has 0 amide bonds. The second kappa shape index (κ2) is 1.98. The molecular formula is C8H14O. The zero-order valence-electron chi connectivity index (χ0n) is 5.97. The van der Waals surface area contributed by atoms with E-state index in [1.165, 1.54) is 25.7 Å². The predicted molar refractivity (Wildman–Crippen MR) is 36.3 cm³/mol. The Hall–Kier alpha value is -0.0400. The van der Waals surface area contributed by atoms with E-state index in [0.29, 0.717) is 12.2 Å². The van der Waals surface area contributed by atoms with Gasteiger partial charge in [0.2, 0.25) is 0 Å². The molecule has 0 aromatic carbocycles. The summed E-state index contributed by atoms with van der Waals surface area (Å²) in [6.45, 7) is 2.22. The Morgan fingerprint density at radius 2 is 2.33 bits per heavy atom. The van der Waals surface area contributed by atoms with Crippen molar-refractivity contribution >= 4 is 0 Å². The lowest BCUT2D eigenvalue weighted by Gasteiger charge is -2.40. The Bertz CT molecular complexity index is 111. The first-order chi connectivity index (χ1) is 4.42. The lowest BCUT2D eigenvalue weighted by Crippen LogP contribution is -2.44. The minimum atomic E-state index is 0.637. The molecule has 0 N–H and O–H groups in total. The zero-order chi connectivity index (χ0) is 6.27. The maximum absolute atomic E-state index is 5.61. The monoisotopic (exact) mass is 126 g/mol. The highest BCUT2D eigenvalue weighted by Gasteiger charge is 2.43. The lowest BCUT2D eigenvalue weighted by molar-refractivity contribution is -0.167. The summed E-state index contributed by atoms with van der Waals surface area (Å²) in [4.78, 5) is 0. The number of fused-ring (bicyclic) bond motifs is 1. The molecule has 1 nitrogen and oxygen atoms in total. The van der Waals surface area contributed by atoms with Gasteiger partial charge >= 0.3 is 0 Å². The van der Waals surface area contributed by atoms with Crippen molar-refractivity contribution < 1.29 is 4.74 Å². The van der Waals surface area contributed by atoms with Crippen LogP contribution in [0.15, 0.2) is 0 Å². The van der Waals surface area contributed by atoms with Gasteiger partial charge in [-0.25, -0.2) is 0 Å². The minimum Gasteiger partial charge on any atom is -0.374 e. The highest BCUT2D eigenvalue weighted by Crippen LogP contribution is 2.42. The largest absolute Gasteiger partial charge is 0.374 e. The average Bonchev–Trinajstić information content (AvgIpc) is 2.14. The van der Waals surface area contributed by atoms with Crippen molar-refractivity contribution in [2.45, 2.75) is 44.8 Å². The maximum atomic E-state index is 5.61. The number of hydrogen-bond donors (Lipinski definition) is 0. The smallest absolute Gasteiger partial charge is 0.0632 e. The van der Waals surface area contributed by atoms with E-state index < -0.39 is 0 Å². The van der Waals surface area contributed by atoms with Gasteiger partial charge in [0.15, 0.2) is 0 Å². The van der Waals surface area contributed by atoms with E-state index in [2.05, 4.69) is 6.92 Å². The molecule has 2 aliphatic rings. The van der Waals surface area contributed by atoms with E-state index in [4.69, 9.17) is 4.74 Å². The van der Waals surface area contributed by atoms with Gasteiger partial charge in [0.25, 0.3) is 0 Å². The first-order valence-electron chi connectivity index (χ1n) is 4.07. The van der Waals surface area contributed by atoms with Crippen LogP contribution in [-0.4, -0.2) is 12.2 Å². The van der Waals surface area contributed by atoms with Crippen molar-refractivity contribution in [2.24, 2.45) is 5.92 Å². The predicted octanol–water partition coefficient (Wildman–Crippen LogP) is 1.96. The van der Waals surface area contributed by atoms with Crippen molar-refractivity contribution in [2.75, 3.05) is 0 Å². The Morgan fingerprint density at radius 3 is 3.00 bits per heavy atom. The van der Waals surface area contributed by atoms with Crippen molar-refractivity contribution in [1.82, 2.24) is 0 Å². The molecule has 0 spiro atoms. The summed E-state index contributed by atoms with van der Waals surface area (Å²) in [5.41, 5.74) is 0. The molecule has 1 aliphatic heterocycles. The summed E-state index contributed by atoms with van der Waals surface area (Å²) < 4.78 is 5.61. The molecule has 1 saturated heterocycles. The molecule has 0 radical (unpaired) electrons. The molecule has 0 aromatic rings. The highest BCUT2D eigenvalue weighted by atomic mass is 16.5. The molecule has 1 saturated carbocycles. The van der Waals surface area contributed by atoms with Gasteiger partial charge in [-0.05, 0) is 19.3 Å². The second-order valence-corrected chi connectivity index (χ2v) is 3.22. The standard InChI is InChI=1S/C8H14O/c1-2-7-6-4-3-5-8(6)9-7/h6-8H,2-5H2,1H3. The third kappa shape index (κ3) is 0.710. The van der Waals surface area contributed by atoms with Crippen LogP contribution in [0.3, 0.4) is 0 Å². The van der Waals surface area contributed by atoms with Crippen LogP contribution in [-0.2, 0) is 4.74 Å². The quantitative estimate of drug-likeness (QED) is 0.522. The number of rotatable bonds is 1. The summed E-state index contributed by atoms with van der Waals surface area (Å²) >= 11 is 0. The molecule has 9 heavy (non-hydrogen) atoms. The minimum absolute atomic E-state index is 0.637. The molecule has 3 atom stereocenters. The van der Waals surface area contributed by atoms with Crippen molar-refractivity contribution in [1.29, 1.82) is 0 Å². The molecule has 1 aliphatic carbocycles. The molecule has 2 fully saturated rings. The molecule has 0 aromatic heterocycles. The fourth-order valence-electron chi connectivity index (χ4n) is 2.18. The van der Waals surface area contributed by atoms with Gasteiger partial charge < -0.3 is 4.74 Å². The Balaban J connectivity index is 1.93. The van der Waals surface area contributed by atoms with Crippen LogP contribution in [0.2, 0.25) is 0 Å². The van der Waals surface area contributed by atoms with Crippen LogP contribution in [0.25, 0.3) is 0 Å². The van der Waals surface area contributed by atoms with Crippen LogP contribution in [0.5, 0.6) is 0 Å². The third-order valence-corrected chi connectivity index (χ3v) is 2.73. The van der Waals surface area contributed by atoms with Crippen molar-refractivity contribution in [3.63, 3.8) is 0 Å². The Morgan fingerprint density at radius 1 is 1.44 bits per heavy atom. The van der Waals surface area contributed by atoms with Gasteiger partial charge in [-0.15, -0.1) is 0 Å². The van der Waals surface area contributed by atoms with E-state index in [9.17, 15) is 0 Å². The first kappa shape index (κ1) is 5.72. The number of hydrogen-bond acceptors (Lipinski definition) is 1. The molecular weight excluding hydrogens is 112 g/mol. The summed E-state index contributed by atoms with van der Waals surface area (Å²) in [5.74, 6) is 0.954. The van der Waals surface area contributed by atoms with E-state index in [1.54, 1.807) is 0 Å². The lowest BCUT2D eigenvalue weighted by atomic mass is 9.90. The van der Waals surface area contributed by atoms with Crippen molar-refractivity contribution in [3.8, 4) is 0 Å². The van der Waals surface area contributed by atoms with Crippen LogP contribution < -0.4 is 0 Å². The van der Waals surface area contributed by atoms with Gasteiger partial charge in [-0.3, -0.25) is 0 Å². The molecule has 0 bridgehead atoms. The highest BCUT2D eigenvalue weighted by molar-refractivity contribution is 4.91.